The van der Waals surface area contributed by atoms with E-state index in [0.717, 1.165) is 50.5 Å². The zero-order valence-electron chi connectivity index (χ0n) is 18.8. The van der Waals surface area contributed by atoms with Crippen molar-refractivity contribution in [3.8, 4) is 5.75 Å². The molecule has 0 bridgehead atoms. The summed E-state index contributed by atoms with van der Waals surface area (Å²) < 4.78 is 5.34. The molecule has 0 saturated carbocycles. The summed E-state index contributed by atoms with van der Waals surface area (Å²) in [5.41, 5.74) is 2.72. The molecule has 3 aromatic rings. The van der Waals surface area contributed by atoms with Crippen LogP contribution in [0.25, 0.3) is 0 Å². The maximum Gasteiger partial charge on any atom is 0.258 e. The molecule has 6 nitrogen and oxygen atoms in total. The van der Waals surface area contributed by atoms with E-state index in [9.17, 15) is 4.79 Å². The average molecular weight is 465 g/mol. The second kappa shape index (κ2) is 11.2. The highest BCUT2D eigenvalue weighted by Gasteiger charge is 2.20. The monoisotopic (exact) mass is 464 g/mol. The highest BCUT2D eigenvalue weighted by molar-refractivity contribution is 6.30. The number of amides is 1. The number of hydrogen-bond donors (Lipinski definition) is 2. The molecule has 33 heavy (non-hydrogen) atoms. The third-order valence-corrected chi connectivity index (χ3v) is 6.19. The van der Waals surface area contributed by atoms with Gasteiger partial charge < -0.3 is 15.4 Å². The van der Waals surface area contributed by atoms with Crippen LogP contribution in [0.5, 0.6) is 5.75 Å². The van der Waals surface area contributed by atoms with Crippen LogP contribution in [0.1, 0.15) is 28.8 Å². The zero-order chi connectivity index (χ0) is 23.0. The Kier molecular flexibility index (Phi) is 7.81. The number of carbonyl (C=O) groups is 1. The van der Waals surface area contributed by atoms with Gasteiger partial charge in [0.1, 0.15) is 11.6 Å². The minimum atomic E-state index is -0.193. The van der Waals surface area contributed by atoms with E-state index >= 15 is 0 Å². The quantitative estimate of drug-likeness (QED) is 0.472. The molecule has 7 heteroatoms. The molecule has 1 amide bonds. The first-order valence-electron chi connectivity index (χ1n) is 11.2. The summed E-state index contributed by atoms with van der Waals surface area (Å²) in [5.74, 6) is 1.75. The smallest absolute Gasteiger partial charge is 0.258 e. The Morgan fingerprint density at radius 3 is 2.70 bits per heavy atom. The number of halogens is 1. The molecule has 2 aromatic carbocycles. The van der Waals surface area contributed by atoms with Gasteiger partial charge in [-0.1, -0.05) is 35.9 Å². The predicted octanol–water partition coefficient (Wildman–Crippen LogP) is 5.32. The van der Waals surface area contributed by atoms with Crippen molar-refractivity contribution < 1.29 is 9.53 Å². The van der Waals surface area contributed by atoms with Gasteiger partial charge in [0, 0.05) is 25.0 Å². The number of nitrogens with one attached hydrogen (secondary N) is 2. The highest BCUT2D eigenvalue weighted by atomic mass is 35.5. The van der Waals surface area contributed by atoms with E-state index < -0.39 is 0 Å². The van der Waals surface area contributed by atoms with Gasteiger partial charge in [0.05, 0.1) is 17.7 Å². The summed E-state index contributed by atoms with van der Waals surface area (Å²) in [6, 6.07) is 19.2. The fourth-order valence-electron chi connectivity index (χ4n) is 4.10. The van der Waals surface area contributed by atoms with Crippen LogP contribution in [-0.4, -0.2) is 42.5 Å². The second-order valence-corrected chi connectivity index (χ2v) is 8.75. The number of piperidine rings is 1. The molecule has 0 unspecified atom stereocenters. The number of nitrogens with zero attached hydrogens (tertiary/aromatic N) is 2. The number of carbonyl (C=O) groups excluding carboxylic acids is 1. The maximum absolute atomic E-state index is 12.8. The van der Waals surface area contributed by atoms with Crippen LogP contribution in [0.4, 0.5) is 11.5 Å². The summed E-state index contributed by atoms with van der Waals surface area (Å²) in [6.07, 6.45) is 3.77. The van der Waals surface area contributed by atoms with Crippen molar-refractivity contribution in [1.29, 1.82) is 0 Å². The number of aromatic nitrogens is 1. The number of likely N-dealkylation sites (tertiary alicyclic amines) is 1. The Bertz CT molecular complexity index is 1070. The summed E-state index contributed by atoms with van der Waals surface area (Å²) in [7, 11) is 1.70. The van der Waals surface area contributed by atoms with Gasteiger partial charge in [-0.15, -0.1) is 0 Å². The van der Waals surface area contributed by atoms with E-state index in [-0.39, 0.29) is 5.91 Å². The molecule has 172 valence electrons. The van der Waals surface area contributed by atoms with Crippen molar-refractivity contribution in [2.75, 3.05) is 37.4 Å². The number of ether oxygens (including phenoxy) is 1. The molecule has 0 radical (unpaired) electrons. The van der Waals surface area contributed by atoms with Crippen LogP contribution in [0.15, 0.2) is 66.9 Å². The van der Waals surface area contributed by atoms with E-state index in [2.05, 4.69) is 32.7 Å². The summed E-state index contributed by atoms with van der Waals surface area (Å²) in [6.45, 7) is 3.91. The third-order valence-electron chi connectivity index (χ3n) is 5.97. The molecule has 2 heterocycles. The molecule has 1 fully saturated rings. The fraction of sp³-hybridized carbons (Fsp3) is 0.308. The number of rotatable bonds is 8. The molecule has 1 aromatic heterocycles. The lowest BCUT2D eigenvalue weighted by Gasteiger charge is -2.32. The zero-order valence-corrected chi connectivity index (χ0v) is 19.5. The Hall–Kier alpha value is -3.09. The molecular weight excluding hydrogens is 436 g/mol. The Morgan fingerprint density at radius 2 is 1.94 bits per heavy atom. The largest absolute Gasteiger partial charge is 0.497 e. The molecule has 0 spiro atoms. The Labute approximate surface area is 199 Å². The standard InChI is InChI=1S/C26H29ClN4O2/c1-33-22-6-4-5-20(15-22)18-31-13-11-19(12-14-31)16-28-24-8-3-2-7-23(24)26(32)30-25-10-9-21(27)17-29-25/h2-10,15,17,19,28H,11-14,16,18H2,1H3,(H,29,30,32). The van der Waals surface area contributed by atoms with Gasteiger partial charge in [-0.05, 0) is 73.8 Å². The third kappa shape index (κ3) is 6.46. The summed E-state index contributed by atoms with van der Waals surface area (Å²) >= 11 is 5.87. The van der Waals surface area contributed by atoms with Crippen molar-refractivity contribution in [2.24, 2.45) is 5.92 Å². The summed E-state index contributed by atoms with van der Waals surface area (Å²) in [5, 5.41) is 6.87. The van der Waals surface area contributed by atoms with Gasteiger partial charge in [-0.25, -0.2) is 4.98 Å². The molecule has 4 rings (SSSR count). The molecule has 1 aliphatic rings. The van der Waals surface area contributed by atoms with Crippen LogP contribution < -0.4 is 15.4 Å². The van der Waals surface area contributed by atoms with Gasteiger partial charge in [0.2, 0.25) is 0 Å². The number of para-hydroxylation sites is 1. The number of benzene rings is 2. The van der Waals surface area contributed by atoms with Crippen molar-refractivity contribution in [3.63, 3.8) is 0 Å². The van der Waals surface area contributed by atoms with Crippen LogP contribution in [0.3, 0.4) is 0 Å². The summed E-state index contributed by atoms with van der Waals surface area (Å²) in [4.78, 5) is 19.4. The van der Waals surface area contributed by atoms with Crippen molar-refractivity contribution in [1.82, 2.24) is 9.88 Å². The minimum absolute atomic E-state index is 0.193. The molecule has 0 atom stereocenters. The number of hydrogen-bond acceptors (Lipinski definition) is 5. The van der Waals surface area contributed by atoms with Crippen LogP contribution in [0, 0.1) is 5.92 Å². The van der Waals surface area contributed by atoms with Gasteiger partial charge in [-0.3, -0.25) is 9.69 Å². The normalized spacial score (nSPS) is 14.6. The van der Waals surface area contributed by atoms with Crippen molar-refractivity contribution >= 4 is 29.0 Å². The average Bonchev–Trinajstić information content (AvgIpc) is 2.85. The van der Waals surface area contributed by atoms with Gasteiger partial charge in [0.15, 0.2) is 0 Å². The second-order valence-electron chi connectivity index (χ2n) is 8.31. The van der Waals surface area contributed by atoms with Gasteiger partial charge in [-0.2, -0.15) is 0 Å². The molecule has 1 aliphatic heterocycles. The predicted molar refractivity (Wildman–Crippen MR) is 133 cm³/mol. The van der Waals surface area contributed by atoms with Crippen LogP contribution >= 0.6 is 11.6 Å². The first-order valence-corrected chi connectivity index (χ1v) is 11.6. The fourth-order valence-corrected chi connectivity index (χ4v) is 4.21. The van der Waals surface area contributed by atoms with Crippen molar-refractivity contribution in [3.05, 3.63) is 83.0 Å². The van der Waals surface area contributed by atoms with E-state index in [1.165, 1.54) is 11.8 Å². The van der Waals surface area contributed by atoms with E-state index in [0.29, 0.717) is 22.3 Å². The SMILES string of the molecule is COc1cccc(CN2CCC(CNc3ccccc3C(=O)Nc3ccc(Cl)cn3)CC2)c1. The lowest BCUT2D eigenvalue weighted by Crippen LogP contribution is -2.35. The van der Waals surface area contributed by atoms with Crippen LogP contribution in [-0.2, 0) is 6.54 Å². The van der Waals surface area contributed by atoms with Gasteiger partial charge >= 0.3 is 0 Å². The first kappa shape index (κ1) is 23.1. The topological polar surface area (TPSA) is 66.5 Å². The molecule has 0 aliphatic carbocycles. The maximum atomic E-state index is 12.8. The Balaban J connectivity index is 1.28. The molecule has 1 saturated heterocycles. The van der Waals surface area contributed by atoms with Crippen LogP contribution in [0.2, 0.25) is 5.02 Å². The van der Waals surface area contributed by atoms with E-state index in [4.69, 9.17) is 16.3 Å². The molecular formula is C26H29ClN4O2. The lowest BCUT2D eigenvalue weighted by atomic mass is 9.96. The Morgan fingerprint density at radius 1 is 1.12 bits per heavy atom. The minimum Gasteiger partial charge on any atom is -0.497 e. The van der Waals surface area contributed by atoms with E-state index in [1.807, 2.05) is 36.4 Å². The first-order chi connectivity index (χ1) is 16.1. The molecule has 2 N–H and O–H groups in total. The van der Waals surface area contributed by atoms with E-state index in [1.54, 1.807) is 19.2 Å². The number of pyridine rings is 1. The van der Waals surface area contributed by atoms with Gasteiger partial charge in [0.25, 0.3) is 5.91 Å². The highest BCUT2D eigenvalue weighted by Crippen LogP contribution is 2.23. The lowest BCUT2D eigenvalue weighted by molar-refractivity contribution is 0.102. The van der Waals surface area contributed by atoms with Crippen molar-refractivity contribution in [2.45, 2.75) is 19.4 Å². The number of methoxy groups -OCH3 is 1. The number of anilines is 2.